The van der Waals surface area contributed by atoms with Crippen LogP contribution in [0.5, 0.6) is 0 Å². The Hall–Kier alpha value is -2.14. The highest BCUT2D eigenvalue weighted by atomic mass is 16.2. The molecule has 0 bridgehead atoms. The van der Waals surface area contributed by atoms with E-state index in [1.54, 1.807) is 18.0 Å². The number of carbonyl (C=O) groups is 2. The molecule has 134 valence electrons. The van der Waals surface area contributed by atoms with Gasteiger partial charge in [-0.15, -0.1) is 0 Å². The number of likely N-dealkylation sites (N-methyl/N-ethyl adjacent to an activating group) is 1. The normalized spacial score (nSPS) is 23.2. The molecule has 1 fully saturated rings. The zero-order valence-corrected chi connectivity index (χ0v) is 15.1. The maximum absolute atomic E-state index is 12.7. The zero-order valence-electron chi connectivity index (χ0n) is 15.1. The molecule has 5 nitrogen and oxygen atoms in total. The number of carbonyl (C=O) groups excluding carboxylic acids is 2. The number of nitrogens with one attached hydrogen (secondary N) is 1. The van der Waals surface area contributed by atoms with E-state index in [2.05, 4.69) is 17.1 Å². The molecule has 25 heavy (non-hydrogen) atoms. The minimum Gasteiger partial charge on any atom is -0.352 e. The average molecular weight is 341 g/mol. The van der Waals surface area contributed by atoms with Crippen LogP contribution in [0.3, 0.4) is 0 Å². The first kappa shape index (κ1) is 17.7. The standard InChI is InChI=1S/C20H27N3O2/c1-3-22-11-6-8-17(14-22)21-20(25)13-19-18-9-5-4-7-16(18)10-12-23(19)15(2)24/h4-5,7,9-10,12,17,19H,3,6,8,11,13-14H2,1-2H3,(H,21,25)/t17-,19-/m1/s1. The molecule has 0 aromatic heterocycles. The van der Waals surface area contributed by atoms with Crippen molar-refractivity contribution in [1.29, 1.82) is 0 Å². The maximum Gasteiger partial charge on any atom is 0.223 e. The molecule has 0 radical (unpaired) electrons. The molecule has 3 rings (SSSR count). The largest absolute Gasteiger partial charge is 0.352 e. The van der Waals surface area contributed by atoms with Gasteiger partial charge in [-0.2, -0.15) is 0 Å². The van der Waals surface area contributed by atoms with Crippen LogP contribution in [0.1, 0.15) is 50.3 Å². The van der Waals surface area contributed by atoms with Gasteiger partial charge in [-0.25, -0.2) is 0 Å². The Morgan fingerprint density at radius 1 is 1.28 bits per heavy atom. The third-order valence-corrected chi connectivity index (χ3v) is 5.17. The number of likely N-dealkylation sites (tertiary alicyclic amines) is 1. The van der Waals surface area contributed by atoms with Crippen LogP contribution in [0.2, 0.25) is 0 Å². The van der Waals surface area contributed by atoms with Crippen molar-refractivity contribution >= 4 is 17.9 Å². The lowest BCUT2D eigenvalue weighted by Crippen LogP contribution is -2.48. The Balaban J connectivity index is 1.70. The second-order valence-corrected chi connectivity index (χ2v) is 6.89. The summed E-state index contributed by atoms with van der Waals surface area (Å²) < 4.78 is 0. The number of amides is 2. The Bertz CT molecular complexity index is 671. The summed E-state index contributed by atoms with van der Waals surface area (Å²) in [5, 5.41) is 3.18. The lowest BCUT2D eigenvalue weighted by molar-refractivity contribution is -0.130. The van der Waals surface area contributed by atoms with E-state index in [1.807, 2.05) is 30.3 Å². The predicted octanol–water partition coefficient (Wildman–Crippen LogP) is 2.55. The molecule has 0 unspecified atom stereocenters. The molecule has 0 aliphatic carbocycles. The SMILES string of the molecule is CCN1CCC[C@@H](NC(=O)C[C@@H]2c3ccccc3C=CN2C(C)=O)C1. The molecule has 1 saturated heterocycles. The van der Waals surface area contributed by atoms with Gasteiger partial charge in [0.25, 0.3) is 0 Å². The first-order valence-corrected chi connectivity index (χ1v) is 9.16. The van der Waals surface area contributed by atoms with Crippen molar-refractivity contribution in [1.82, 2.24) is 15.1 Å². The fourth-order valence-corrected chi connectivity index (χ4v) is 3.84. The third-order valence-electron chi connectivity index (χ3n) is 5.17. The fourth-order valence-electron chi connectivity index (χ4n) is 3.84. The molecule has 2 amide bonds. The predicted molar refractivity (Wildman–Crippen MR) is 98.6 cm³/mol. The molecule has 2 atom stereocenters. The first-order chi connectivity index (χ1) is 12.1. The van der Waals surface area contributed by atoms with Crippen molar-refractivity contribution in [3.05, 3.63) is 41.6 Å². The second kappa shape index (κ2) is 7.83. The summed E-state index contributed by atoms with van der Waals surface area (Å²) in [6, 6.07) is 7.94. The molecule has 1 N–H and O–H groups in total. The highest BCUT2D eigenvalue weighted by Crippen LogP contribution is 2.32. The van der Waals surface area contributed by atoms with Crippen LogP contribution in [-0.4, -0.2) is 47.3 Å². The molecule has 2 aliphatic rings. The highest BCUT2D eigenvalue weighted by molar-refractivity contribution is 5.82. The number of hydrogen-bond donors (Lipinski definition) is 1. The van der Waals surface area contributed by atoms with Crippen LogP contribution in [0.4, 0.5) is 0 Å². The zero-order chi connectivity index (χ0) is 17.8. The van der Waals surface area contributed by atoms with Gasteiger partial charge in [0.1, 0.15) is 0 Å². The molecular formula is C20H27N3O2. The molecular weight excluding hydrogens is 314 g/mol. The number of benzene rings is 1. The Morgan fingerprint density at radius 3 is 2.84 bits per heavy atom. The summed E-state index contributed by atoms with van der Waals surface area (Å²) in [6.07, 6.45) is 6.17. The van der Waals surface area contributed by atoms with Crippen LogP contribution < -0.4 is 5.32 Å². The molecule has 1 aromatic rings. The van der Waals surface area contributed by atoms with Crippen LogP contribution in [0.15, 0.2) is 30.5 Å². The molecule has 2 aliphatic heterocycles. The number of nitrogens with zero attached hydrogens (tertiary/aromatic N) is 2. The van der Waals surface area contributed by atoms with Gasteiger partial charge >= 0.3 is 0 Å². The summed E-state index contributed by atoms with van der Waals surface area (Å²) >= 11 is 0. The van der Waals surface area contributed by atoms with E-state index < -0.39 is 0 Å². The smallest absolute Gasteiger partial charge is 0.223 e. The quantitative estimate of drug-likeness (QED) is 0.916. The maximum atomic E-state index is 12.7. The Labute approximate surface area is 149 Å². The van der Waals surface area contributed by atoms with Crippen molar-refractivity contribution < 1.29 is 9.59 Å². The van der Waals surface area contributed by atoms with Crippen molar-refractivity contribution in [2.24, 2.45) is 0 Å². The van der Waals surface area contributed by atoms with Gasteiger partial charge in [0.05, 0.1) is 12.5 Å². The topological polar surface area (TPSA) is 52.7 Å². The Kier molecular flexibility index (Phi) is 5.53. The molecule has 1 aromatic carbocycles. The summed E-state index contributed by atoms with van der Waals surface area (Å²) in [7, 11) is 0. The van der Waals surface area contributed by atoms with Crippen molar-refractivity contribution in [3.8, 4) is 0 Å². The fraction of sp³-hybridized carbons (Fsp3) is 0.500. The van der Waals surface area contributed by atoms with Crippen LogP contribution in [-0.2, 0) is 9.59 Å². The van der Waals surface area contributed by atoms with Crippen molar-refractivity contribution in [3.63, 3.8) is 0 Å². The number of fused-ring (bicyclic) bond motifs is 1. The average Bonchev–Trinajstić information content (AvgIpc) is 2.61. The molecule has 5 heteroatoms. The minimum absolute atomic E-state index is 0.0179. The van der Waals surface area contributed by atoms with Gasteiger partial charge in [0.2, 0.25) is 11.8 Å². The molecule has 0 spiro atoms. The van der Waals surface area contributed by atoms with E-state index in [0.29, 0.717) is 6.42 Å². The first-order valence-electron chi connectivity index (χ1n) is 9.16. The van der Waals surface area contributed by atoms with Gasteiger partial charge < -0.3 is 15.1 Å². The highest BCUT2D eigenvalue weighted by Gasteiger charge is 2.29. The lowest BCUT2D eigenvalue weighted by atomic mass is 9.93. The monoisotopic (exact) mass is 341 g/mol. The Morgan fingerprint density at radius 2 is 2.08 bits per heavy atom. The van der Waals surface area contributed by atoms with E-state index in [1.165, 1.54) is 0 Å². The van der Waals surface area contributed by atoms with Crippen LogP contribution in [0, 0.1) is 0 Å². The van der Waals surface area contributed by atoms with Gasteiger partial charge in [-0.1, -0.05) is 31.2 Å². The number of rotatable bonds is 4. The molecule has 2 heterocycles. The van der Waals surface area contributed by atoms with Gasteiger partial charge in [-0.3, -0.25) is 9.59 Å². The third kappa shape index (κ3) is 4.10. The van der Waals surface area contributed by atoms with E-state index in [9.17, 15) is 9.59 Å². The van der Waals surface area contributed by atoms with Crippen LogP contribution >= 0.6 is 0 Å². The number of piperidine rings is 1. The van der Waals surface area contributed by atoms with Crippen LogP contribution in [0.25, 0.3) is 6.08 Å². The minimum atomic E-state index is -0.232. The molecule has 0 saturated carbocycles. The van der Waals surface area contributed by atoms with E-state index in [4.69, 9.17) is 0 Å². The van der Waals surface area contributed by atoms with Gasteiger partial charge in [0.15, 0.2) is 0 Å². The summed E-state index contributed by atoms with van der Waals surface area (Å²) in [6.45, 7) is 6.75. The van der Waals surface area contributed by atoms with Gasteiger partial charge in [0, 0.05) is 25.7 Å². The van der Waals surface area contributed by atoms with E-state index in [0.717, 1.165) is 43.6 Å². The summed E-state index contributed by atoms with van der Waals surface area (Å²) in [5.74, 6) is -0.0253. The van der Waals surface area contributed by atoms with E-state index in [-0.39, 0.29) is 23.9 Å². The van der Waals surface area contributed by atoms with Crippen molar-refractivity contribution in [2.45, 2.75) is 45.2 Å². The van der Waals surface area contributed by atoms with Crippen molar-refractivity contribution in [2.75, 3.05) is 19.6 Å². The summed E-state index contributed by atoms with van der Waals surface area (Å²) in [4.78, 5) is 28.7. The van der Waals surface area contributed by atoms with E-state index >= 15 is 0 Å². The number of hydrogen-bond acceptors (Lipinski definition) is 3. The van der Waals surface area contributed by atoms with Gasteiger partial charge in [-0.05, 0) is 43.1 Å². The second-order valence-electron chi connectivity index (χ2n) is 6.89. The lowest BCUT2D eigenvalue weighted by Gasteiger charge is -2.34. The summed E-state index contributed by atoms with van der Waals surface area (Å²) in [5.41, 5.74) is 2.11.